The Balaban J connectivity index is 1.76. The molecule has 5 rings (SSSR count). The minimum Gasteiger partial charge on any atom is -0.497 e. The van der Waals surface area contributed by atoms with E-state index in [9.17, 15) is 10.2 Å². The van der Waals surface area contributed by atoms with E-state index in [-0.39, 0.29) is 6.61 Å². The zero-order chi connectivity index (χ0) is 21.4. The fourth-order valence-electron chi connectivity index (χ4n) is 4.31. The molecule has 3 nitrogen and oxygen atoms in total. The van der Waals surface area contributed by atoms with Crippen molar-refractivity contribution in [3.05, 3.63) is 113 Å². The molecule has 0 saturated carbocycles. The molecule has 0 bridgehead atoms. The van der Waals surface area contributed by atoms with Gasteiger partial charge in [-0.1, -0.05) is 66.4 Å². The minimum atomic E-state index is -1.36. The Hall–Kier alpha value is -3.05. The first-order chi connectivity index (χ1) is 15.1. The maximum absolute atomic E-state index is 12.4. The van der Waals surface area contributed by atoms with Crippen molar-refractivity contribution in [2.75, 3.05) is 7.11 Å². The van der Waals surface area contributed by atoms with Crippen LogP contribution in [0.3, 0.4) is 0 Å². The highest BCUT2D eigenvalue weighted by Gasteiger charge is 2.44. The molecule has 0 fully saturated rings. The largest absolute Gasteiger partial charge is 0.497 e. The zero-order valence-corrected chi connectivity index (χ0v) is 17.9. The van der Waals surface area contributed by atoms with Crippen molar-refractivity contribution in [1.82, 2.24) is 0 Å². The molecule has 1 aliphatic carbocycles. The van der Waals surface area contributed by atoms with Crippen LogP contribution < -0.4 is 4.74 Å². The number of rotatable bonds is 5. The summed E-state index contributed by atoms with van der Waals surface area (Å²) in [5.41, 5.74) is 3.74. The average Bonchev–Trinajstić information content (AvgIpc) is 3.08. The Morgan fingerprint density at radius 3 is 2.19 bits per heavy atom. The van der Waals surface area contributed by atoms with Gasteiger partial charge in [0.1, 0.15) is 11.4 Å². The van der Waals surface area contributed by atoms with Gasteiger partial charge in [-0.15, -0.1) is 0 Å². The Morgan fingerprint density at radius 2 is 1.45 bits per heavy atom. The second-order valence-corrected chi connectivity index (χ2v) is 8.69. The number of hydrogen-bond acceptors (Lipinski definition) is 4. The average molecular weight is 427 g/mol. The van der Waals surface area contributed by atoms with Gasteiger partial charge in [-0.3, -0.25) is 0 Å². The van der Waals surface area contributed by atoms with Crippen LogP contribution in [0.1, 0.15) is 22.3 Å². The van der Waals surface area contributed by atoms with Crippen LogP contribution in [0.4, 0.5) is 0 Å². The lowest BCUT2D eigenvalue weighted by atomic mass is 9.83. The highest BCUT2D eigenvalue weighted by atomic mass is 32.2. The molecule has 0 amide bonds. The molecular weight excluding hydrogens is 404 g/mol. The van der Waals surface area contributed by atoms with Gasteiger partial charge in [0.25, 0.3) is 0 Å². The molecule has 1 unspecified atom stereocenters. The van der Waals surface area contributed by atoms with Gasteiger partial charge in [0.05, 0.1) is 13.7 Å². The Labute approximate surface area is 186 Å². The third-order valence-electron chi connectivity index (χ3n) is 5.81. The van der Waals surface area contributed by atoms with Gasteiger partial charge in [0, 0.05) is 26.5 Å². The van der Waals surface area contributed by atoms with Crippen molar-refractivity contribution < 1.29 is 14.9 Å². The van der Waals surface area contributed by atoms with E-state index in [1.807, 2.05) is 78.9 Å². The van der Waals surface area contributed by atoms with Crippen molar-refractivity contribution in [3.63, 3.8) is 0 Å². The number of ether oxygens (including phenoxy) is 1. The zero-order valence-electron chi connectivity index (χ0n) is 17.1. The summed E-state index contributed by atoms with van der Waals surface area (Å²) in [5.74, 6) is 0.695. The minimum absolute atomic E-state index is 0.0799. The predicted molar refractivity (Wildman–Crippen MR) is 123 cm³/mol. The smallest absolute Gasteiger partial charge is 0.142 e. The molecule has 4 aromatic carbocycles. The number of methoxy groups -OCH3 is 1. The second-order valence-electron chi connectivity index (χ2n) is 7.57. The van der Waals surface area contributed by atoms with Crippen molar-refractivity contribution in [1.29, 1.82) is 0 Å². The molecule has 4 heteroatoms. The van der Waals surface area contributed by atoms with Gasteiger partial charge in [0.2, 0.25) is 0 Å². The Morgan fingerprint density at radius 1 is 0.774 bits per heavy atom. The van der Waals surface area contributed by atoms with Gasteiger partial charge in [0.15, 0.2) is 0 Å². The summed E-state index contributed by atoms with van der Waals surface area (Å²) < 4.78 is 5.48. The number of benzene rings is 4. The fourth-order valence-corrected chi connectivity index (χ4v) is 5.33. The second kappa shape index (κ2) is 7.89. The molecule has 2 N–H and O–H groups in total. The summed E-state index contributed by atoms with van der Waals surface area (Å²) in [6, 6.07) is 29.7. The number of aliphatic hydroxyl groups is 2. The summed E-state index contributed by atoms with van der Waals surface area (Å²) in [4.78, 5) is 2.08. The normalized spacial score (nSPS) is 16.6. The van der Waals surface area contributed by atoms with Gasteiger partial charge >= 0.3 is 0 Å². The van der Waals surface area contributed by atoms with Crippen LogP contribution in [0.15, 0.2) is 101 Å². The molecule has 0 aromatic heterocycles. The molecule has 0 heterocycles. The topological polar surface area (TPSA) is 49.7 Å². The maximum atomic E-state index is 12.4. The van der Waals surface area contributed by atoms with Gasteiger partial charge in [-0.25, -0.2) is 0 Å². The molecule has 0 saturated heterocycles. The van der Waals surface area contributed by atoms with Crippen LogP contribution in [-0.2, 0) is 12.2 Å². The van der Waals surface area contributed by atoms with Crippen LogP contribution in [0.2, 0.25) is 0 Å². The fraction of sp³-hybridized carbons (Fsp3) is 0.111. The monoisotopic (exact) mass is 426 g/mol. The molecule has 0 aliphatic heterocycles. The van der Waals surface area contributed by atoms with Gasteiger partial charge in [-0.2, -0.15) is 0 Å². The Kier molecular flexibility index (Phi) is 5.06. The van der Waals surface area contributed by atoms with E-state index < -0.39 is 5.60 Å². The van der Waals surface area contributed by atoms with E-state index in [4.69, 9.17) is 4.74 Å². The van der Waals surface area contributed by atoms with E-state index in [0.29, 0.717) is 5.75 Å². The summed E-state index contributed by atoms with van der Waals surface area (Å²) in [6.07, 6.45) is 0. The first-order valence-corrected chi connectivity index (χ1v) is 10.9. The summed E-state index contributed by atoms with van der Waals surface area (Å²) in [6.45, 7) is -0.0799. The van der Waals surface area contributed by atoms with Crippen LogP contribution in [0, 0.1) is 0 Å². The highest BCUT2D eigenvalue weighted by Crippen LogP contribution is 2.54. The van der Waals surface area contributed by atoms with E-state index in [0.717, 1.165) is 43.2 Å². The molecule has 0 spiro atoms. The third-order valence-corrected chi connectivity index (χ3v) is 6.89. The number of fused-ring (bicyclic) bond motifs is 3. The maximum Gasteiger partial charge on any atom is 0.142 e. The highest BCUT2D eigenvalue weighted by molar-refractivity contribution is 7.99. The number of aliphatic hydroxyl groups excluding tert-OH is 1. The van der Waals surface area contributed by atoms with Crippen LogP contribution in [0.5, 0.6) is 5.75 Å². The summed E-state index contributed by atoms with van der Waals surface area (Å²) in [5, 5.41) is 22.2. The number of hydrogen-bond donors (Lipinski definition) is 2. The van der Waals surface area contributed by atoms with Gasteiger partial charge < -0.3 is 14.9 Å². The molecule has 1 aliphatic rings. The quantitative estimate of drug-likeness (QED) is 0.436. The SMILES string of the molecule is COc1ccc2c(c1)C(O)(c1ccccc1Sc1ccccc1)c1cc(CO)ccc1-2. The molecule has 1 atom stereocenters. The molecule has 31 heavy (non-hydrogen) atoms. The van der Waals surface area contributed by atoms with Crippen molar-refractivity contribution in [2.45, 2.75) is 22.0 Å². The first-order valence-electron chi connectivity index (χ1n) is 10.1. The first kappa shape index (κ1) is 19.9. The van der Waals surface area contributed by atoms with E-state index in [1.54, 1.807) is 18.9 Å². The lowest BCUT2D eigenvalue weighted by molar-refractivity contribution is 0.127. The molecule has 154 valence electrons. The lowest BCUT2D eigenvalue weighted by Gasteiger charge is -2.29. The standard InChI is InChI=1S/C27H22O3S/c1-30-19-12-14-22-21-13-11-18(17-28)15-24(21)27(29,25(22)16-19)23-9-5-6-10-26(23)31-20-7-3-2-4-8-20/h2-16,28-29H,17H2,1H3. The third kappa shape index (κ3) is 3.24. The Bertz CT molecular complexity index is 1200. The van der Waals surface area contributed by atoms with Crippen LogP contribution in [0.25, 0.3) is 11.1 Å². The lowest BCUT2D eigenvalue weighted by Crippen LogP contribution is -2.27. The molecule has 4 aromatic rings. The van der Waals surface area contributed by atoms with Gasteiger partial charge in [-0.05, 0) is 53.1 Å². The summed E-state index contributed by atoms with van der Waals surface area (Å²) in [7, 11) is 1.63. The molecular formula is C27H22O3S. The van der Waals surface area contributed by atoms with Crippen LogP contribution in [-0.4, -0.2) is 17.3 Å². The molecule has 0 radical (unpaired) electrons. The van der Waals surface area contributed by atoms with E-state index >= 15 is 0 Å². The van der Waals surface area contributed by atoms with Crippen LogP contribution >= 0.6 is 11.8 Å². The predicted octanol–water partition coefficient (Wildman–Crippen LogP) is 5.60. The van der Waals surface area contributed by atoms with Crippen molar-refractivity contribution in [2.24, 2.45) is 0 Å². The summed E-state index contributed by atoms with van der Waals surface area (Å²) >= 11 is 1.63. The van der Waals surface area contributed by atoms with E-state index in [2.05, 4.69) is 12.1 Å². The van der Waals surface area contributed by atoms with Crippen molar-refractivity contribution >= 4 is 11.8 Å². The van der Waals surface area contributed by atoms with E-state index in [1.165, 1.54) is 0 Å². The van der Waals surface area contributed by atoms with Crippen molar-refractivity contribution in [3.8, 4) is 16.9 Å².